The molecule has 0 saturated carbocycles. The van der Waals surface area contributed by atoms with Crippen molar-refractivity contribution in [1.29, 1.82) is 0 Å². The molecule has 0 aliphatic heterocycles. The topological polar surface area (TPSA) is 56.0 Å². The van der Waals surface area contributed by atoms with Crippen LogP contribution in [0, 0.1) is 17.0 Å². The van der Waals surface area contributed by atoms with E-state index in [4.69, 9.17) is 11.6 Å². The zero-order valence-electron chi connectivity index (χ0n) is 9.61. The van der Waals surface area contributed by atoms with Gasteiger partial charge in [-0.3, -0.25) is 15.1 Å². The summed E-state index contributed by atoms with van der Waals surface area (Å²) in [7, 11) is 0. The first-order valence-electron chi connectivity index (χ1n) is 5.22. The molecule has 4 nitrogen and oxygen atoms in total. The number of aryl methyl sites for hydroxylation is 1. The second kappa shape index (κ2) is 5.25. The molecule has 0 bridgehead atoms. The first-order chi connectivity index (χ1) is 7.47. The van der Waals surface area contributed by atoms with Crippen LogP contribution in [-0.4, -0.2) is 15.3 Å². The number of hydrogen-bond donors (Lipinski definition) is 0. The van der Waals surface area contributed by atoms with E-state index in [-0.39, 0.29) is 17.0 Å². The minimum absolute atomic E-state index is 0.0262. The Morgan fingerprint density at radius 3 is 2.62 bits per heavy atom. The molecule has 2 atom stereocenters. The number of nitro groups is 1. The van der Waals surface area contributed by atoms with E-state index in [2.05, 4.69) is 4.98 Å². The lowest BCUT2D eigenvalue weighted by atomic mass is 9.95. The zero-order chi connectivity index (χ0) is 12.3. The lowest BCUT2D eigenvalue weighted by Gasteiger charge is -2.18. The van der Waals surface area contributed by atoms with Gasteiger partial charge in [-0.15, -0.1) is 11.6 Å². The van der Waals surface area contributed by atoms with E-state index in [1.54, 1.807) is 6.07 Å². The molecule has 0 aromatic carbocycles. The molecule has 16 heavy (non-hydrogen) atoms. The third-order valence-electron chi connectivity index (χ3n) is 2.66. The summed E-state index contributed by atoms with van der Waals surface area (Å²) < 4.78 is 0. The molecule has 0 spiro atoms. The summed E-state index contributed by atoms with van der Waals surface area (Å²) >= 11 is 6.08. The van der Waals surface area contributed by atoms with Gasteiger partial charge in [0, 0.05) is 23.1 Å². The van der Waals surface area contributed by atoms with Crippen molar-refractivity contribution < 1.29 is 4.92 Å². The lowest BCUT2D eigenvalue weighted by molar-refractivity contribution is -0.385. The van der Waals surface area contributed by atoms with Gasteiger partial charge in [0.1, 0.15) is 6.20 Å². The van der Waals surface area contributed by atoms with Gasteiger partial charge >= 0.3 is 0 Å². The Hall–Kier alpha value is -1.16. The molecule has 0 amide bonds. The van der Waals surface area contributed by atoms with Crippen LogP contribution in [0.25, 0.3) is 0 Å². The summed E-state index contributed by atoms with van der Waals surface area (Å²) in [6.45, 7) is 5.78. The third-order valence-corrected chi connectivity index (χ3v) is 2.96. The van der Waals surface area contributed by atoms with Crippen LogP contribution in [0.2, 0.25) is 0 Å². The lowest BCUT2D eigenvalue weighted by Crippen LogP contribution is -2.12. The van der Waals surface area contributed by atoms with E-state index in [1.165, 1.54) is 6.20 Å². The predicted molar refractivity (Wildman–Crippen MR) is 64.0 cm³/mol. The molecule has 2 unspecified atom stereocenters. The van der Waals surface area contributed by atoms with Crippen molar-refractivity contribution in [2.24, 2.45) is 0 Å². The predicted octanol–water partition coefficient (Wildman–Crippen LogP) is 3.42. The largest absolute Gasteiger partial charge is 0.287 e. The van der Waals surface area contributed by atoms with Gasteiger partial charge in [0.05, 0.1) is 4.92 Å². The van der Waals surface area contributed by atoms with Gasteiger partial charge < -0.3 is 0 Å². The Kier molecular flexibility index (Phi) is 4.24. The molecule has 1 aromatic rings. The van der Waals surface area contributed by atoms with Gasteiger partial charge in [-0.25, -0.2) is 0 Å². The van der Waals surface area contributed by atoms with Crippen LogP contribution in [0.5, 0.6) is 0 Å². The first-order valence-corrected chi connectivity index (χ1v) is 5.66. The Balaban J connectivity index is 3.11. The zero-order valence-corrected chi connectivity index (χ0v) is 10.4. The second-order valence-electron chi connectivity index (χ2n) is 3.85. The van der Waals surface area contributed by atoms with Gasteiger partial charge in [0.15, 0.2) is 0 Å². The standard InChI is InChI=1S/C11H15ClN2O2/c1-4-10(8(3)12)11-7(2)5-9(6-13-11)14(15)16/h5-6,8,10H,4H2,1-3H3. The fourth-order valence-corrected chi connectivity index (χ4v) is 2.09. The van der Waals surface area contributed by atoms with Crippen molar-refractivity contribution in [3.05, 3.63) is 33.6 Å². The monoisotopic (exact) mass is 242 g/mol. The molecule has 1 heterocycles. The smallest absolute Gasteiger partial charge is 0.258 e. The molecule has 5 heteroatoms. The van der Waals surface area contributed by atoms with Crippen LogP contribution >= 0.6 is 11.6 Å². The van der Waals surface area contributed by atoms with Crippen LogP contribution in [0.3, 0.4) is 0 Å². The van der Waals surface area contributed by atoms with Gasteiger partial charge in [-0.1, -0.05) is 6.92 Å². The molecular formula is C11H15ClN2O2. The number of hydrogen-bond acceptors (Lipinski definition) is 3. The Bertz CT molecular complexity index is 394. The highest BCUT2D eigenvalue weighted by Crippen LogP contribution is 2.29. The number of aromatic nitrogens is 1. The Morgan fingerprint density at radius 1 is 1.62 bits per heavy atom. The normalized spacial score (nSPS) is 14.5. The SMILES string of the molecule is CCC(c1ncc([N+](=O)[O-])cc1C)C(C)Cl. The average molecular weight is 243 g/mol. The summed E-state index contributed by atoms with van der Waals surface area (Å²) in [5, 5.41) is 10.5. The van der Waals surface area contributed by atoms with Gasteiger partial charge in [0.25, 0.3) is 5.69 Å². The van der Waals surface area contributed by atoms with Gasteiger partial charge in [0.2, 0.25) is 0 Å². The Labute approximate surface area is 99.8 Å². The number of alkyl halides is 1. The van der Waals surface area contributed by atoms with Crippen molar-refractivity contribution in [1.82, 2.24) is 4.98 Å². The van der Waals surface area contributed by atoms with Gasteiger partial charge in [-0.2, -0.15) is 0 Å². The minimum Gasteiger partial charge on any atom is -0.258 e. The molecule has 1 aromatic heterocycles. The molecule has 0 aliphatic carbocycles. The molecule has 0 saturated heterocycles. The fraction of sp³-hybridized carbons (Fsp3) is 0.545. The highest BCUT2D eigenvalue weighted by Gasteiger charge is 2.20. The molecule has 0 N–H and O–H groups in total. The fourth-order valence-electron chi connectivity index (χ4n) is 1.79. The molecule has 0 fully saturated rings. The van der Waals surface area contributed by atoms with Crippen molar-refractivity contribution in [2.75, 3.05) is 0 Å². The van der Waals surface area contributed by atoms with E-state index < -0.39 is 4.92 Å². The van der Waals surface area contributed by atoms with Crippen LogP contribution < -0.4 is 0 Å². The van der Waals surface area contributed by atoms with Crippen LogP contribution in [-0.2, 0) is 0 Å². The molecular weight excluding hydrogens is 228 g/mol. The van der Waals surface area contributed by atoms with Crippen molar-refractivity contribution in [3.8, 4) is 0 Å². The molecule has 1 rings (SSSR count). The summed E-state index contributed by atoms with van der Waals surface area (Å²) in [5.74, 6) is 0.141. The number of halogens is 1. The van der Waals surface area contributed by atoms with Crippen LogP contribution in [0.4, 0.5) is 5.69 Å². The number of rotatable bonds is 4. The van der Waals surface area contributed by atoms with Crippen molar-refractivity contribution in [2.45, 2.75) is 38.5 Å². The summed E-state index contributed by atoms with van der Waals surface area (Å²) in [5.41, 5.74) is 1.71. The molecule has 88 valence electrons. The second-order valence-corrected chi connectivity index (χ2v) is 4.53. The quantitative estimate of drug-likeness (QED) is 0.462. The van der Waals surface area contributed by atoms with Crippen molar-refractivity contribution >= 4 is 17.3 Å². The van der Waals surface area contributed by atoms with E-state index in [0.29, 0.717) is 0 Å². The average Bonchev–Trinajstić information content (AvgIpc) is 2.20. The molecule has 0 aliphatic rings. The number of nitrogens with zero attached hydrogens (tertiary/aromatic N) is 2. The number of pyridine rings is 1. The van der Waals surface area contributed by atoms with E-state index in [9.17, 15) is 10.1 Å². The third kappa shape index (κ3) is 2.70. The van der Waals surface area contributed by atoms with E-state index in [1.807, 2.05) is 20.8 Å². The maximum absolute atomic E-state index is 10.6. The Morgan fingerprint density at radius 2 is 2.25 bits per heavy atom. The minimum atomic E-state index is -0.436. The van der Waals surface area contributed by atoms with Crippen molar-refractivity contribution in [3.63, 3.8) is 0 Å². The molecule has 0 radical (unpaired) electrons. The summed E-state index contributed by atoms with van der Waals surface area (Å²) in [6, 6.07) is 1.55. The van der Waals surface area contributed by atoms with Crippen LogP contribution in [0.15, 0.2) is 12.3 Å². The highest BCUT2D eigenvalue weighted by atomic mass is 35.5. The maximum atomic E-state index is 10.6. The summed E-state index contributed by atoms with van der Waals surface area (Å²) in [4.78, 5) is 14.3. The highest BCUT2D eigenvalue weighted by molar-refractivity contribution is 6.20. The van der Waals surface area contributed by atoms with E-state index in [0.717, 1.165) is 17.7 Å². The van der Waals surface area contributed by atoms with Gasteiger partial charge in [-0.05, 0) is 25.8 Å². The van der Waals surface area contributed by atoms with E-state index >= 15 is 0 Å². The maximum Gasteiger partial charge on any atom is 0.287 e. The first kappa shape index (κ1) is 12.9. The summed E-state index contributed by atoms with van der Waals surface area (Å²) in [6.07, 6.45) is 2.17. The van der Waals surface area contributed by atoms with Crippen LogP contribution in [0.1, 0.15) is 37.4 Å².